The zero-order valence-electron chi connectivity index (χ0n) is 14.7. The number of hydrogen-bond acceptors (Lipinski definition) is 4. The van der Waals surface area contributed by atoms with Gasteiger partial charge in [0.1, 0.15) is 0 Å². The molecule has 2 aliphatic heterocycles. The van der Waals surface area contributed by atoms with Gasteiger partial charge in [0.25, 0.3) is 0 Å². The molecule has 2 fully saturated rings. The summed E-state index contributed by atoms with van der Waals surface area (Å²) in [4.78, 5) is 26.5. The van der Waals surface area contributed by atoms with Gasteiger partial charge in [-0.25, -0.2) is 0 Å². The molecular weight excluding hydrogens is 330 g/mol. The van der Waals surface area contributed by atoms with Crippen LogP contribution in [-0.2, 0) is 14.3 Å². The van der Waals surface area contributed by atoms with Gasteiger partial charge in [-0.3, -0.25) is 9.59 Å². The summed E-state index contributed by atoms with van der Waals surface area (Å²) in [6, 6.07) is -0.00677. The highest BCUT2D eigenvalue weighted by Gasteiger charge is 2.31. The highest BCUT2D eigenvalue weighted by molar-refractivity contribution is 5.85. The van der Waals surface area contributed by atoms with Gasteiger partial charge < -0.3 is 20.3 Å². The number of halogens is 1. The zero-order chi connectivity index (χ0) is 16.5. The predicted octanol–water partition coefficient (Wildman–Crippen LogP) is 1.33. The number of carbonyl (C=O) groups is 2. The van der Waals surface area contributed by atoms with Crippen LogP contribution in [0.1, 0.15) is 45.4 Å². The first-order valence-electron chi connectivity index (χ1n) is 9.10. The Morgan fingerprint density at radius 2 is 1.96 bits per heavy atom. The molecule has 0 aromatic heterocycles. The second kappa shape index (κ2) is 11.7. The Hall–Kier alpha value is -0.850. The van der Waals surface area contributed by atoms with Crippen LogP contribution in [0.2, 0.25) is 0 Å². The first kappa shape index (κ1) is 21.2. The van der Waals surface area contributed by atoms with Crippen LogP contribution in [0.15, 0.2) is 0 Å². The van der Waals surface area contributed by atoms with Gasteiger partial charge in [0.05, 0.1) is 6.04 Å². The Morgan fingerprint density at radius 1 is 1.21 bits per heavy atom. The van der Waals surface area contributed by atoms with E-state index in [4.69, 9.17) is 4.74 Å². The van der Waals surface area contributed by atoms with Crippen molar-refractivity contribution in [2.45, 2.75) is 51.5 Å². The molecule has 0 saturated carbocycles. The molecule has 0 aliphatic carbocycles. The van der Waals surface area contributed by atoms with Crippen LogP contribution in [0, 0.1) is 5.92 Å². The smallest absolute Gasteiger partial charge is 0.239 e. The molecule has 0 aromatic rings. The van der Waals surface area contributed by atoms with E-state index in [0.717, 1.165) is 51.7 Å². The van der Waals surface area contributed by atoms with E-state index < -0.39 is 0 Å². The van der Waals surface area contributed by atoms with E-state index in [0.29, 0.717) is 26.2 Å². The van der Waals surface area contributed by atoms with E-state index in [2.05, 4.69) is 10.6 Å². The summed E-state index contributed by atoms with van der Waals surface area (Å²) in [5.74, 6) is 0.398. The summed E-state index contributed by atoms with van der Waals surface area (Å²) in [7, 11) is 0. The minimum Gasteiger partial charge on any atom is -0.382 e. The molecular formula is C17H32ClN3O3. The summed E-state index contributed by atoms with van der Waals surface area (Å²) in [6.07, 6.45) is 5.63. The van der Waals surface area contributed by atoms with Crippen molar-refractivity contribution in [2.75, 3.05) is 39.4 Å². The van der Waals surface area contributed by atoms with Gasteiger partial charge in [0, 0.05) is 38.8 Å². The van der Waals surface area contributed by atoms with Crippen molar-refractivity contribution in [1.29, 1.82) is 0 Å². The molecule has 2 heterocycles. The standard InChI is InChI=1S/C17H31N3O3.ClH/c1-2-23-13-5-10-19-16(21)14-7-11-20(12-8-14)17(22)15-6-3-4-9-18-15;/h14-15,18H,2-13H2,1H3,(H,19,21);1H. The zero-order valence-corrected chi connectivity index (χ0v) is 15.5. The third-order valence-electron chi connectivity index (χ3n) is 4.75. The van der Waals surface area contributed by atoms with E-state index in [-0.39, 0.29) is 36.2 Å². The molecule has 0 bridgehead atoms. The molecule has 6 nitrogen and oxygen atoms in total. The van der Waals surface area contributed by atoms with Crippen LogP contribution in [-0.4, -0.2) is 62.1 Å². The maximum Gasteiger partial charge on any atom is 0.239 e. The largest absolute Gasteiger partial charge is 0.382 e. The first-order valence-corrected chi connectivity index (χ1v) is 9.10. The number of rotatable bonds is 7. The Kier molecular flexibility index (Phi) is 10.3. The second-order valence-corrected chi connectivity index (χ2v) is 6.44. The summed E-state index contributed by atoms with van der Waals surface area (Å²) in [6.45, 7) is 6.40. The molecule has 0 radical (unpaired) electrons. The van der Waals surface area contributed by atoms with Gasteiger partial charge in [-0.05, 0) is 45.6 Å². The van der Waals surface area contributed by atoms with Crippen molar-refractivity contribution in [2.24, 2.45) is 5.92 Å². The number of piperidine rings is 2. The molecule has 1 atom stereocenters. The fourth-order valence-corrected chi connectivity index (χ4v) is 3.32. The number of likely N-dealkylation sites (tertiary alicyclic amines) is 1. The summed E-state index contributed by atoms with van der Waals surface area (Å²) < 4.78 is 5.26. The van der Waals surface area contributed by atoms with Crippen molar-refractivity contribution < 1.29 is 14.3 Å². The molecule has 1 unspecified atom stereocenters. The molecule has 24 heavy (non-hydrogen) atoms. The molecule has 2 N–H and O–H groups in total. The molecule has 2 rings (SSSR count). The first-order chi connectivity index (χ1) is 11.2. The number of nitrogens with one attached hydrogen (secondary N) is 2. The molecule has 140 valence electrons. The van der Waals surface area contributed by atoms with Crippen LogP contribution in [0.4, 0.5) is 0 Å². The minimum absolute atomic E-state index is 0. The Balaban J connectivity index is 0.00000288. The van der Waals surface area contributed by atoms with Crippen molar-refractivity contribution in [3.05, 3.63) is 0 Å². The molecule has 0 aromatic carbocycles. The number of nitrogens with zero attached hydrogens (tertiary/aromatic N) is 1. The SMILES string of the molecule is CCOCCCNC(=O)C1CCN(C(=O)C2CCCCN2)CC1.Cl. The van der Waals surface area contributed by atoms with Crippen LogP contribution in [0.25, 0.3) is 0 Å². The molecule has 2 aliphatic rings. The highest BCUT2D eigenvalue weighted by atomic mass is 35.5. The quantitative estimate of drug-likeness (QED) is 0.671. The monoisotopic (exact) mass is 361 g/mol. The van der Waals surface area contributed by atoms with E-state index in [1.807, 2.05) is 11.8 Å². The normalized spacial score (nSPS) is 21.9. The van der Waals surface area contributed by atoms with Gasteiger partial charge in [0.15, 0.2) is 0 Å². The Labute approximate surface area is 151 Å². The van der Waals surface area contributed by atoms with Gasteiger partial charge >= 0.3 is 0 Å². The Morgan fingerprint density at radius 3 is 2.58 bits per heavy atom. The molecule has 2 amide bonds. The Bertz CT molecular complexity index is 381. The fourth-order valence-electron chi connectivity index (χ4n) is 3.32. The molecule has 7 heteroatoms. The fraction of sp³-hybridized carbons (Fsp3) is 0.882. The lowest BCUT2D eigenvalue weighted by molar-refractivity contribution is -0.137. The lowest BCUT2D eigenvalue weighted by atomic mass is 9.94. The van der Waals surface area contributed by atoms with Crippen molar-refractivity contribution in [3.63, 3.8) is 0 Å². The lowest BCUT2D eigenvalue weighted by Crippen LogP contribution is -2.51. The average Bonchev–Trinajstić information content (AvgIpc) is 2.61. The minimum atomic E-state index is -0.00677. The van der Waals surface area contributed by atoms with E-state index in [1.54, 1.807) is 0 Å². The van der Waals surface area contributed by atoms with Crippen molar-refractivity contribution in [1.82, 2.24) is 15.5 Å². The number of carbonyl (C=O) groups excluding carboxylic acids is 2. The van der Waals surface area contributed by atoms with E-state index >= 15 is 0 Å². The molecule has 2 saturated heterocycles. The van der Waals surface area contributed by atoms with Crippen LogP contribution in [0.5, 0.6) is 0 Å². The second-order valence-electron chi connectivity index (χ2n) is 6.44. The van der Waals surface area contributed by atoms with Gasteiger partial charge in [-0.2, -0.15) is 0 Å². The number of hydrogen-bond donors (Lipinski definition) is 2. The summed E-state index contributed by atoms with van der Waals surface area (Å²) >= 11 is 0. The van der Waals surface area contributed by atoms with Crippen LogP contribution < -0.4 is 10.6 Å². The summed E-state index contributed by atoms with van der Waals surface area (Å²) in [5, 5.41) is 6.30. The maximum atomic E-state index is 12.5. The van der Waals surface area contributed by atoms with Gasteiger partial charge in [-0.1, -0.05) is 6.42 Å². The van der Waals surface area contributed by atoms with Crippen LogP contribution >= 0.6 is 12.4 Å². The average molecular weight is 362 g/mol. The van der Waals surface area contributed by atoms with Crippen molar-refractivity contribution in [3.8, 4) is 0 Å². The van der Waals surface area contributed by atoms with Gasteiger partial charge in [-0.15, -0.1) is 12.4 Å². The van der Waals surface area contributed by atoms with Crippen LogP contribution in [0.3, 0.4) is 0 Å². The topological polar surface area (TPSA) is 70.7 Å². The maximum absolute atomic E-state index is 12.5. The predicted molar refractivity (Wildman–Crippen MR) is 96.3 cm³/mol. The molecule has 0 spiro atoms. The highest BCUT2D eigenvalue weighted by Crippen LogP contribution is 2.19. The summed E-state index contributed by atoms with van der Waals surface area (Å²) in [5.41, 5.74) is 0. The third-order valence-corrected chi connectivity index (χ3v) is 4.75. The lowest BCUT2D eigenvalue weighted by Gasteiger charge is -2.35. The van der Waals surface area contributed by atoms with E-state index in [1.165, 1.54) is 0 Å². The van der Waals surface area contributed by atoms with E-state index in [9.17, 15) is 9.59 Å². The van der Waals surface area contributed by atoms with Gasteiger partial charge in [0.2, 0.25) is 11.8 Å². The number of amides is 2. The van der Waals surface area contributed by atoms with Crippen molar-refractivity contribution >= 4 is 24.2 Å². The number of ether oxygens (including phenoxy) is 1. The third kappa shape index (κ3) is 6.57.